The molecule has 3 rings (SSSR count). The third-order valence-electron chi connectivity index (χ3n) is 4.29. The first-order chi connectivity index (χ1) is 8.78. The molecular formula is C15H18BrNO. The van der Waals surface area contributed by atoms with E-state index in [1.54, 1.807) is 0 Å². The van der Waals surface area contributed by atoms with Crippen LogP contribution in [0.1, 0.15) is 30.9 Å². The third-order valence-corrected chi connectivity index (χ3v) is 4.93. The first-order valence-corrected chi connectivity index (χ1v) is 7.81. The van der Waals surface area contributed by atoms with E-state index in [0.29, 0.717) is 0 Å². The highest BCUT2D eigenvalue weighted by atomic mass is 79.9. The van der Waals surface area contributed by atoms with Crippen LogP contribution in [0.15, 0.2) is 30.3 Å². The Morgan fingerprint density at radius 1 is 1.22 bits per heavy atom. The van der Waals surface area contributed by atoms with Gasteiger partial charge in [0.1, 0.15) is 0 Å². The molecule has 1 amide bonds. The first kappa shape index (κ1) is 12.2. The molecule has 0 radical (unpaired) electrons. The van der Waals surface area contributed by atoms with Crippen molar-refractivity contribution in [3.05, 3.63) is 35.9 Å². The fourth-order valence-corrected chi connectivity index (χ4v) is 3.65. The van der Waals surface area contributed by atoms with Gasteiger partial charge in [0, 0.05) is 11.2 Å². The Bertz CT molecular complexity index is 423. The Morgan fingerprint density at radius 3 is 2.50 bits per heavy atom. The summed E-state index contributed by atoms with van der Waals surface area (Å²) in [5, 5.41) is 3.95. The van der Waals surface area contributed by atoms with Crippen molar-refractivity contribution in [3.8, 4) is 0 Å². The van der Waals surface area contributed by atoms with Crippen LogP contribution in [0.3, 0.4) is 0 Å². The smallest absolute Gasteiger partial charge is 0.223 e. The lowest BCUT2D eigenvalue weighted by Crippen LogP contribution is -2.34. The summed E-state index contributed by atoms with van der Waals surface area (Å²) in [7, 11) is 0. The summed E-state index contributed by atoms with van der Waals surface area (Å²) in [6.07, 6.45) is 3.59. The molecule has 2 aliphatic carbocycles. The molecule has 0 aromatic heterocycles. The number of alkyl halides is 1. The molecule has 2 nitrogen and oxygen atoms in total. The highest BCUT2D eigenvalue weighted by molar-refractivity contribution is 9.09. The van der Waals surface area contributed by atoms with Crippen molar-refractivity contribution in [1.82, 2.24) is 5.32 Å². The molecule has 1 aromatic rings. The molecule has 2 saturated carbocycles. The van der Waals surface area contributed by atoms with Crippen LogP contribution < -0.4 is 5.32 Å². The fourth-order valence-electron chi connectivity index (χ4n) is 3.11. The maximum atomic E-state index is 12.2. The minimum absolute atomic E-state index is 0.0932. The van der Waals surface area contributed by atoms with Gasteiger partial charge in [-0.3, -0.25) is 4.79 Å². The van der Waals surface area contributed by atoms with E-state index in [1.165, 1.54) is 12.0 Å². The van der Waals surface area contributed by atoms with E-state index in [-0.39, 0.29) is 17.9 Å². The van der Waals surface area contributed by atoms with E-state index in [4.69, 9.17) is 0 Å². The van der Waals surface area contributed by atoms with Gasteiger partial charge in [-0.2, -0.15) is 0 Å². The molecule has 3 atom stereocenters. The van der Waals surface area contributed by atoms with Crippen molar-refractivity contribution in [2.75, 3.05) is 5.33 Å². The Kier molecular flexibility index (Phi) is 3.42. The predicted octanol–water partition coefficient (Wildman–Crippen LogP) is 3.28. The van der Waals surface area contributed by atoms with Crippen molar-refractivity contribution in [3.63, 3.8) is 0 Å². The molecule has 0 heterocycles. The quantitative estimate of drug-likeness (QED) is 0.850. The highest BCUT2D eigenvalue weighted by Gasteiger charge is 2.48. The first-order valence-electron chi connectivity index (χ1n) is 6.69. The van der Waals surface area contributed by atoms with Crippen LogP contribution in [0.25, 0.3) is 0 Å². The fraction of sp³-hybridized carbons (Fsp3) is 0.533. The van der Waals surface area contributed by atoms with Gasteiger partial charge in [0.05, 0.1) is 6.04 Å². The van der Waals surface area contributed by atoms with Crippen LogP contribution in [-0.4, -0.2) is 11.2 Å². The van der Waals surface area contributed by atoms with Crippen LogP contribution in [-0.2, 0) is 4.79 Å². The average molecular weight is 308 g/mol. The molecule has 2 aliphatic rings. The minimum atomic E-state index is 0.0932. The van der Waals surface area contributed by atoms with Crippen molar-refractivity contribution in [2.24, 2.45) is 17.8 Å². The number of hydrogen-bond donors (Lipinski definition) is 1. The number of fused-ring (bicyclic) bond motifs is 1. The molecule has 0 bridgehead atoms. The minimum Gasteiger partial charge on any atom is -0.348 e. The van der Waals surface area contributed by atoms with Gasteiger partial charge in [-0.1, -0.05) is 46.3 Å². The molecule has 0 aliphatic heterocycles. The van der Waals surface area contributed by atoms with Crippen molar-refractivity contribution < 1.29 is 4.79 Å². The van der Waals surface area contributed by atoms with Crippen LogP contribution in [0, 0.1) is 17.8 Å². The van der Waals surface area contributed by atoms with Crippen LogP contribution in [0.4, 0.5) is 0 Å². The van der Waals surface area contributed by atoms with Crippen molar-refractivity contribution in [1.29, 1.82) is 0 Å². The monoisotopic (exact) mass is 307 g/mol. The number of nitrogens with one attached hydrogen (secondary N) is 1. The Labute approximate surface area is 116 Å². The lowest BCUT2D eigenvalue weighted by molar-refractivity contribution is -0.125. The van der Waals surface area contributed by atoms with E-state index < -0.39 is 0 Å². The highest BCUT2D eigenvalue weighted by Crippen LogP contribution is 2.54. The second kappa shape index (κ2) is 5.04. The number of rotatable bonds is 4. The normalized spacial score (nSPS) is 30.6. The zero-order valence-corrected chi connectivity index (χ0v) is 11.9. The summed E-state index contributed by atoms with van der Waals surface area (Å²) in [6, 6.07) is 10.3. The molecule has 0 spiro atoms. The summed E-state index contributed by atoms with van der Waals surface area (Å²) in [5.41, 5.74) is 1.17. The second-order valence-corrected chi connectivity index (χ2v) is 6.20. The average Bonchev–Trinajstić information content (AvgIpc) is 3.03. The Balaban J connectivity index is 1.61. The van der Waals surface area contributed by atoms with Gasteiger partial charge in [0.2, 0.25) is 5.91 Å². The second-order valence-electron chi connectivity index (χ2n) is 5.55. The third kappa shape index (κ3) is 2.46. The van der Waals surface area contributed by atoms with Gasteiger partial charge in [-0.15, -0.1) is 0 Å². The SMILES string of the molecule is O=C(NC(CBr)c1ccccc1)C1CC2CC2C1. The summed E-state index contributed by atoms with van der Waals surface area (Å²) >= 11 is 3.50. The summed E-state index contributed by atoms with van der Waals surface area (Å²) in [4.78, 5) is 12.2. The molecule has 3 heteroatoms. The van der Waals surface area contributed by atoms with Gasteiger partial charge in [0.25, 0.3) is 0 Å². The van der Waals surface area contributed by atoms with E-state index in [2.05, 4.69) is 33.4 Å². The number of hydrogen-bond acceptors (Lipinski definition) is 1. The van der Waals surface area contributed by atoms with Gasteiger partial charge in [-0.05, 0) is 36.7 Å². The topological polar surface area (TPSA) is 29.1 Å². The molecule has 0 saturated heterocycles. The van der Waals surface area contributed by atoms with E-state index >= 15 is 0 Å². The summed E-state index contributed by atoms with van der Waals surface area (Å²) in [5.74, 6) is 2.23. The van der Waals surface area contributed by atoms with E-state index in [9.17, 15) is 4.79 Å². The summed E-state index contributed by atoms with van der Waals surface area (Å²) < 4.78 is 0. The van der Waals surface area contributed by atoms with Gasteiger partial charge in [-0.25, -0.2) is 0 Å². The van der Waals surface area contributed by atoms with Crippen LogP contribution in [0.2, 0.25) is 0 Å². The number of carbonyl (C=O) groups excluding carboxylic acids is 1. The molecule has 96 valence electrons. The predicted molar refractivity (Wildman–Crippen MR) is 75.4 cm³/mol. The molecular weight excluding hydrogens is 290 g/mol. The van der Waals surface area contributed by atoms with Gasteiger partial charge in [0.15, 0.2) is 0 Å². The largest absolute Gasteiger partial charge is 0.348 e. The van der Waals surface area contributed by atoms with Gasteiger partial charge >= 0.3 is 0 Å². The Morgan fingerprint density at radius 2 is 1.89 bits per heavy atom. The number of carbonyl (C=O) groups is 1. The maximum Gasteiger partial charge on any atom is 0.223 e. The molecule has 2 fully saturated rings. The number of benzene rings is 1. The van der Waals surface area contributed by atoms with Crippen LogP contribution in [0.5, 0.6) is 0 Å². The zero-order valence-electron chi connectivity index (χ0n) is 10.3. The molecule has 3 unspecified atom stereocenters. The lowest BCUT2D eigenvalue weighted by atomic mass is 10.0. The van der Waals surface area contributed by atoms with E-state index in [0.717, 1.165) is 30.0 Å². The van der Waals surface area contributed by atoms with Gasteiger partial charge < -0.3 is 5.32 Å². The zero-order chi connectivity index (χ0) is 12.5. The number of amides is 1. The summed E-state index contributed by atoms with van der Waals surface area (Å²) in [6.45, 7) is 0. The number of halogens is 1. The van der Waals surface area contributed by atoms with Crippen LogP contribution >= 0.6 is 15.9 Å². The Hall–Kier alpha value is -0.830. The van der Waals surface area contributed by atoms with Crippen molar-refractivity contribution in [2.45, 2.75) is 25.3 Å². The molecule has 1 N–H and O–H groups in total. The maximum absolute atomic E-state index is 12.2. The standard InChI is InChI=1S/C15H18BrNO/c16-9-14(10-4-2-1-3-5-10)17-15(18)13-7-11-6-12(11)8-13/h1-5,11-14H,6-9H2,(H,17,18). The van der Waals surface area contributed by atoms with E-state index in [1.807, 2.05) is 18.2 Å². The van der Waals surface area contributed by atoms with Crippen molar-refractivity contribution >= 4 is 21.8 Å². The molecule has 18 heavy (non-hydrogen) atoms. The molecule has 1 aromatic carbocycles. The lowest BCUT2D eigenvalue weighted by Gasteiger charge is -2.20.